The van der Waals surface area contributed by atoms with E-state index >= 15 is 0 Å². The second-order valence-electron chi connectivity index (χ2n) is 5.01. The number of amides is 1. The minimum absolute atomic E-state index is 0.209. The molecule has 0 bridgehead atoms. The molecule has 0 aliphatic heterocycles. The molecule has 0 spiro atoms. The summed E-state index contributed by atoms with van der Waals surface area (Å²) in [6.07, 6.45) is 1.06. The second-order valence-corrected chi connectivity index (χ2v) is 7.10. The predicted octanol–water partition coefficient (Wildman–Crippen LogP) is 2.18. The van der Waals surface area contributed by atoms with Crippen molar-refractivity contribution in [1.29, 1.82) is 0 Å². The van der Waals surface area contributed by atoms with Crippen molar-refractivity contribution in [2.24, 2.45) is 0 Å². The van der Waals surface area contributed by atoms with Crippen molar-refractivity contribution in [1.82, 2.24) is 4.31 Å². The molecule has 22 heavy (non-hydrogen) atoms. The lowest BCUT2D eigenvalue weighted by molar-refractivity contribution is -0.116. The number of anilines is 1. The number of carbonyl (C=O) groups is 1. The molecule has 5 nitrogen and oxygen atoms in total. The minimum Gasteiger partial charge on any atom is -0.325 e. The van der Waals surface area contributed by atoms with Gasteiger partial charge in [-0.15, -0.1) is 0 Å². The topological polar surface area (TPSA) is 66.5 Å². The van der Waals surface area contributed by atoms with E-state index in [0.717, 1.165) is 21.7 Å². The van der Waals surface area contributed by atoms with Crippen LogP contribution in [0.3, 0.4) is 0 Å². The average Bonchev–Trinajstić information content (AvgIpc) is 2.48. The molecule has 6 heteroatoms. The van der Waals surface area contributed by atoms with Crippen molar-refractivity contribution in [2.45, 2.75) is 0 Å². The highest BCUT2D eigenvalue weighted by molar-refractivity contribution is 7.88. The fourth-order valence-corrected chi connectivity index (χ4v) is 2.25. The predicted molar refractivity (Wildman–Crippen MR) is 88.0 cm³/mol. The highest BCUT2D eigenvalue weighted by Crippen LogP contribution is 2.20. The molecular weight excluding hydrogens is 300 g/mol. The third kappa shape index (κ3) is 4.41. The Morgan fingerprint density at radius 1 is 1.00 bits per heavy atom. The number of carbonyl (C=O) groups excluding carboxylic acids is 1. The molecule has 0 unspecified atom stereocenters. The maximum atomic E-state index is 11.8. The fraction of sp³-hybridized carbons (Fsp3) is 0.188. The summed E-state index contributed by atoms with van der Waals surface area (Å²) in [6, 6.07) is 17.3. The lowest BCUT2D eigenvalue weighted by Crippen LogP contribution is -2.34. The van der Waals surface area contributed by atoms with Gasteiger partial charge in [0.2, 0.25) is 15.9 Å². The van der Waals surface area contributed by atoms with Gasteiger partial charge in [0.15, 0.2) is 0 Å². The lowest BCUT2D eigenvalue weighted by Gasteiger charge is -2.13. The Bertz CT molecular complexity index is 741. The first-order valence-corrected chi connectivity index (χ1v) is 8.58. The van der Waals surface area contributed by atoms with Crippen molar-refractivity contribution in [3.63, 3.8) is 0 Å². The first-order chi connectivity index (χ1) is 10.4. The van der Waals surface area contributed by atoms with Gasteiger partial charge in [0, 0.05) is 12.7 Å². The van der Waals surface area contributed by atoms with E-state index in [2.05, 4.69) is 5.32 Å². The highest BCUT2D eigenvalue weighted by Gasteiger charge is 2.15. The van der Waals surface area contributed by atoms with Gasteiger partial charge in [-0.2, -0.15) is 4.31 Å². The van der Waals surface area contributed by atoms with Crippen molar-refractivity contribution in [2.75, 3.05) is 25.2 Å². The van der Waals surface area contributed by atoms with Gasteiger partial charge in [0.25, 0.3) is 0 Å². The van der Waals surface area contributed by atoms with Gasteiger partial charge in [0.05, 0.1) is 12.8 Å². The molecule has 0 atom stereocenters. The van der Waals surface area contributed by atoms with E-state index in [0.29, 0.717) is 5.69 Å². The van der Waals surface area contributed by atoms with Crippen LogP contribution in [0.4, 0.5) is 5.69 Å². The Morgan fingerprint density at radius 3 is 2.09 bits per heavy atom. The number of hydrogen-bond acceptors (Lipinski definition) is 3. The molecule has 0 heterocycles. The zero-order chi connectivity index (χ0) is 16.2. The standard InChI is InChI=1S/C16H18N2O3S/c1-18(22(2,20)21)12-16(19)17-15-10-8-14(9-11-15)13-6-4-3-5-7-13/h3-11H,12H2,1-2H3,(H,17,19). The number of nitrogens with zero attached hydrogens (tertiary/aromatic N) is 1. The van der Waals surface area contributed by atoms with E-state index in [9.17, 15) is 13.2 Å². The molecule has 1 N–H and O–H groups in total. The first-order valence-electron chi connectivity index (χ1n) is 6.73. The van der Waals surface area contributed by atoms with Crippen LogP contribution in [0.1, 0.15) is 0 Å². The summed E-state index contributed by atoms with van der Waals surface area (Å²) in [7, 11) is -1.99. The van der Waals surface area contributed by atoms with Crippen molar-refractivity contribution in [3.8, 4) is 11.1 Å². The molecular formula is C16H18N2O3S. The number of nitrogens with one attached hydrogen (secondary N) is 1. The molecule has 0 fully saturated rings. The molecule has 1 amide bonds. The molecule has 0 saturated heterocycles. The van der Waals surface area contributed by atoms with Gasteiger partial charge in [-0.25, -0.2) is 8.42 Å². The number of likely N-dealkylation sites (N-methyl/N-ethyl adjacent to an activating group) is 1. The summed E-state index contributed by atoms with van der Waals surface area (Å²) in [5.41, 5.74) is 2.77. The average molecular weight is 318 g/mol. The van der Waals surface area contributed by atoms with Crippen LogP contribution in [-0.2, 0) is 14.8 Å². The Morgan fingerprint density at radius 2 is 1.55 bits per heavy atom. The van der Waals surface area contributed by atoms with Crippen molar-refractivity contribution < 1.29 is 13.2 Å². The largest absolute Gasteiger partial charge is 0.325 e. The first kappa shape index (κ1) is 16.2. The lowest BCUT2D eigenvalue weighted by atomic mass is 10.1. The summed E-state index contributed by atoms with van der Waals surface area (Å²) in [5, 5.41) is 2.68. The van der Waals surface area contributed by atoms with Gasteiger partial charge in [-0.05, 0) is 23.3 Å². The SMILES string of the molecule is CN(CC(=O)Nc1ccc(-c2ccccc2)cc1)S(C)(=O)=O. The number of hydrogen-bond donors (Lipinski definition) is 1. The number of rotatable bonds is 5. The van der Waals surface area contributed by atoms with Gasteiger partial charge < -0.3 is 5.32 Å². The van der Waals surface area contributed by atoms with Crippen LogP contribution >= 0.6 is 0 Å². The van der Waals surface area contributed by atoms with Crippen molar-refractivity contribution >= 4 is 21.6 Å². The molecule has 0 saturated carbocycles. The van der Waals surface area contributed by atoms with Crippen LogP contribution < -0.4 is 5.32 Å². The Hall–Kier alpha value is -2.18. The molecule has 2 rings (SSSR count). The maximum Gasteiger partial charge on any atom is 0.239 e. The summed E-state index contributed by atoms with van der Waals surface area (Å²) >= 11 is 0. The monoisotopic (exact) mass is 318 g/mol. The zero-order valence-corrected chi connectivity index (χ0v) is 13.3. The van der Waals surface area contributed by atoms with Crippen LogP contribution in [0.5, 0.6) is 0 Å². The van der Waals surface area contributed by atoms with Crippen LogP contribution in [0.2, 0.25) is 0 Å². The molecule has 0 aromatic heterocycles. The van der Waals surface area contributed by atoms with E-state index in [-0.39, 0.29) is 12.5 Å². The van der Waals surface area contributed by atoms with Gasteiger partial charge in [0.1, 0.15) is 0 Å². The molecule has 2 aromatic carbocycles. The summed E-state index contributed by atoms with van der Waals surface area (Å²) < 4.78 is 23.5. The molecule has 0 radical (unpaired) electrons. The Balaban J connectivity index is 2.01. The fourth-order valence-electron chi connectivity index (χ4n) is 1.90. The van der Waals surface area contributed by atoms with Crippen LogP contribution in [-0.4, -0.2) is 38.5 Å². The van der Waals surface area contributed by atoms with E-state index < -0.39 is 10.0 Å². The molecule has 2 aromatic rings. The molecule has 0 aliphatic carbocycles. The Kier molecular flexibility index (Phi) is 4.95. The van der Waals surface area contributed by atoms with Gasteiger partial charge >= 0.3 is 0 Å². The zero-order valence-electron chi connectivity index (χ0n) is 12.5. The summed E-state index contributed by atoms with van der Waals surface area (Å²) in [6.45, 7) is -0.209. The minimum atomic E-state index is -3.36. The summed E-state index contributed by atoms with van der Waals surface area (Å²) in [4.78, 5) is 11.8. The highest BCUT2D eigenvalue weighted by atomic mass is 32.2. The van der Waals surface area contributed by atoms with E-state index in [4.69, 9.17) is 0 Å². The Labute approximate surface area is 130 Å². The van der Waals surface area contributed by atoms with Crippen molar-refractivity contribution in [3.05, 3.63) is 54.6 Å². The quantitative estimate of drug-likeness (QED) is 0.919. The molecule has 116 valence electrons. The second kappa shape index (κ2) is 6.72. The van der Waals surface area contributed by atoms with E-state index in [1.54, 1.807) is 12.1 Å². The molecule has 0 aliphatic rings. The van der Waals surface area contributed by atoms with E-state index in [1.165, 1.54) is 7.05 Å². The van der Waals surface area contributed by atoms with Crippen LogP contribution in [0.25, 0.3) is 11.1 Å². The smallest absolute Gasteiger partial charge is 0.239 e. The third-order valence-corrected chi connectivity index (χ3v) is 4.47. The summed E-state index contributed by atoms with van der Waals surface area (Å²) in [5.74, 6) is -0.375. The third-order valence-electron chi connectivity index (χ3n) is 3.21. The van der Waals surface area contributed by atoms with Crippen LogP contribution in [0, 0.1) is 0 Å². The van der Waals surface area contributed by atoms with Crippen LogP contribution in [0.15, 0.2) is 54.6 Å². The van der Waals surface area contributed by atoms with E-state index in [1.807, 2.05) is 42.5 Å². The van der Waals surface area contributed by atoms with Gasteiger partial charge in [-0.1, -0.05) is 42.5 Å². The normalized spacial score (nSPS) is 11.4. The maximum absolute atomic E-state index is 11.8. The van der Waals surface area contributed by atoms with Gasteiger partial charge in [-0.3, -0.25) is 4.79 Å². The number of benzene rings is 2. The number of sulfonamides is 1.